The lowest BCUT2D eigenvalue weighted by molar-refractivity contribution is 1.12. The van der Waals surface area contributed by atoms with Gasteiger partial charge in [-0.1, -0.05) is 85.8 Å². The third-order valence-electron chi connectivity index (χ3n) is 6.57. The van der Waals surface area contributed by atoms with Crippen LogP contribution in [0.5, 0.6) is 0 Å². The van der Waals surface area contributed by atoms with Crippen molar-refractivity contribution in [3.8, 4) is 33.4 Å². The first-order chi connectivity index (χ1) is 13.8. The molecule has 0 radical (unpaired) electrons. The molecule has 0 bridgehead atoms. The summed E-state index contributed by atoms with van der Waals surface area (Å²) in [4.78, 5) is 0. The van der Waals surface area contributed by atoms with Crippen LogP contribution in [0.15, 0.2) is 78.9 Å². The van der Waals surface area contributed by atoms with E-state index in [-0.39, 0.29) is 0 Å². The monoisotopic (exact) mass is 358 g/mol. The number of benzene rings is 4. The summed E-state index contributed by atoms with van der Waals surface area (Å²) in [6.45, 7) is 2.28. The molecule has 28 heavy (non-hydrogen) atoms. The number of hydrogen-bond acceptors (Lipinski definition) is 0. The topological polar surface area (TPSA) is 0 Å². The largest absolute Gasteiger partial charge is 0.0619 e. The molecule has 0 fully saturated rings. The van der Waals surface area contributed by atoms with Gasteiger partial charge in [0.2, 0.25) is 0 Å². The summed E-state index contributed by atoms with van der Waals surface area (Å²) in [6, 6.07) is 29.4. The van der Waals surface area contributed by atoms with Gasteiger partial charge in [0, 0.05) is 0 Å². The number of fused-ring (bicyclic) bond motifs is 6. The number of aryl methyl sites for hydroxylation is 1. The minimum atomic E-state index is 1.04. The quantitative estimate of drug-likeness (QED) is 0.311. The van der Waals surface area contributed by atoms with Crippen molar-refractivity contribution in [2.24, 2.45) is 0 Å². The molecule has 0 heteroatoms. The zero-order valence-corrected chi connectivity index (χ0v) is 16.1. The molecular formula is C28H22. The second-order valence-electron chi connectivity index (χ2n) is 7.98. The van der Waals surface area contributed by atoms with E-state index in [0.29, 0.717) is 0 Å². The van der Waals surface area contributed by atoms with E-state index in [9.17, 15) is 0 Å². The normalized spacial score (nSPS) is 13.0. The van der Waals surface area contributed by atoms with Gasteiger partial charge in [-0.25, -0.2) is 0 Å². The van der Waals surface area contributed by atoms with Gasteiger partial charge in [0.1, 0.15) is 0 Å². The summed E-state index contributed by atoms with van der Waals surface area (Å²) in [5, 5.41) is 0. The molecule has 2 aliphatic carbocycles. The molecule has 0 unspecified atom stereocenters. The molecule has 134 valence electrons. The Morgan fingerprint density at radius 3 is 1.82 bits per heavy atom. The summed E-state index contributed by atoms with van der Waals surface area (Å²) in [5.41, 5.74) is 16.0. The molecule has 0 atom stereocenters. The Hall–Kier alpha value is -3.12. The first-order valence-corrected chi connectivity index (χ1v) is 10.3. The highest BCUT2D eigenvalue weighted by Gasteiger charge is 2.27. The maximum absolute atomic E-state index is 2.36. The first kappa shape index (κ1) is 15.9. The van der Waals surface area contributed by atoms with Crippen molar-refractivity contribution >= 4 is 0 Å². The van der Waals surface area contributed by atoms with E-state index >= 15 is 0 Å². The average molecular weight is 358 g/mol. The zero-order chi connectivity index (χ0) is 18.7. The molecule has 0 aromatic heterocycles. The molecule has 4 aromatic rings. The SMILES string of the molecule is CCc1ccc2c(c1-c1cccc3c1Cc1ccccc1-3)Cc1ccccc1-2. The molecule has 0 spiro atoms. The van der Waals surface area contributed by atoms with Gasteiger partial charge in [-0.15, -0.1) is 0 Å². The van der Waals surface area contributed by atoms with Crippen LogP contribution in [0, 0.1) is 0 Å². The van der Waals surface area contributed by atoms with Gasteiger partial charge in [0.05, 0.1) is 0 Å². The molecular weight excluding hydrogens is 336 g/mol. The van der Waals surface area contributed by atoms with Crippen molar-refractivity contribution in [3.05, 3.63) is 107 Å². The van der Waals surface area contributed by atoms with Crippen molar-refractivity contribution in [1.29, 1.82) is 0 Å². The van der Waals surface area contributed by atoms with Crippen LogP contribution in [-0.4, -0.2) is 0 Å². The summed E-state index contributed by atoms with van der Waals surface area (Å²) in [5.74, 6) is 0. The molecule has 0 aliphatic heterocycles. The summed E-state index contributed by atoms with van der Waals surface area (Å²) < 4.78 is 0. The third kappa shape index (κ3) is 2.12. The summed E-state index contributed by atoms with van der Waals surface area (Å²) >= 11 is 0. The van der Waals surface area contributed by atoms with Crippen molar-refractivity contribution < 1.29 is 0 Å². The Kier molecular flexibility index (Phi) is 3.37. The van der Waals surface area contributed by atoms with Gasteiger partial charge >= 0.3 is 0 Å². The van der Waals surface area contributed by atoms with E-state index in [0.717, 1.165) is 19.3 Å². The van der Waals surface area contributed by atoms with E-state index in [1.807, 2.05) is 0 Å². The van der Waals surface area contributed by atoms with Crippen molar-refractivity contribution in [2.45, 2.75) is 26.2 Å². The zero-order valence-electron chi connectivity index (χ0n) is 16.1. The van der Waals surface area contributed by atoms with E-state index in [2.05, 4.69) is 85.8 Å². The highest BCUT2D eigenvalue weighted by Crippen LogP contribution is 2.47. The molecule has 4 aromatic carbocycles. The highest BCUT2D eigenvalue weighted by molar-refractivity contribution is 5.91. The van der Waals surface area contributed by atoms with E-state index in [1.165, 1.54) is 61.2 Å². The van der Waals surface area contributed by atoms with E-state index in [4.69, 9.17) is 0 Å². The Balaban J connectivity index is 1.62. The highest BCUT2D eigenvalue weighted by atomic mass is 14.3. The predicted octanol–water partition coefficient (Wildman–Crippen LogP) is 7.06. The van der Waals surface area contributed by atoms with Gasteiger partial charge < -0.3 is 0 Å². The maximum Gasteiger partial charge on any atom is -0.000718 e. The fourth-order valence-electron chi connectivity index (χ4n) is 5.28. The van der Waals surface area contributed by atoms with Crippen molar-refractivity contribution in [3.63, 3.8) is 0 Å². The molecule has 0 saturated heterocycles. The van der Waals surface area contributed by atoms with E-state index < -0.39 is 0 Å². The van der Waals surface area contributed by atoms with E-state index in [1.54, 1.807) is 0 Å². The minimum Gasteiger partial charge on any atom is -0.0619 e. The smallest absolute Gasteiger partial charge is 0.000718 e. The van der Waals surface area contributed by atoms with Gasteiger partial charge in [0.25, 0.3) is 0 Å². The van der Waals surface area contributed by atoms with Crippen LogP contribution in [0.2, 0.25) is 0 Å². The lowest BCUT2D eigenvalue weighted by Crippen LogP contribution is -1.98. The molecule has 0 N–H and O–H groups in total. The molecule has 0 heterocycles. The van der Waals surface area contributed by atoms with Crippen LogP contribution >= 0.6 is 0 Å². The van der Waals surface area contributed by atoms with Gasteiger partial charge in [-0.2, -0.15) is 0 Å². The Morgan fingerprint density at radius 2 is 1.11 bits per heavy atom. The number of hydrogen-bond donors (Lipinski definition) is 0. The van der Waals surface area contributed by atoms with Crippen LogP contribution in [-0.2, 0) is 19.3 Å². The average Bonchev–Trinajstić information content (AvgIpc) is 3.31. The lowest BCUT2D eigenvalue weighted by atomic mass is 9.86. The van der Waals surface area contributed by atoms with Gasteiger partial charge in [-0.05, 0) is 80.5 Å². The van der Waals surface area contributed by atoms with Crippen LogP contribution in [0.3, 0.4) is 0 Å². The third-order valence-corrected chi connectivity index (χ3v) is 6.57. The minimum absolute atomic E-state index is 1.04. The predicted molar refractivity (Wildman–Crippen MR) is 118 cm³/mol. The van der Waals surface area contributed by atoms with Gasteiger partial charge in [-0.3, -0.25) is 0 Å². The Bertz CT molecular complexity index is 1240. The van der Waals surface area contributed by atoms with Crippen molar-refractivity contribution in [2.75, 3.05) is 0 Å². The molecule has 0 nitrogen and oxygen atoms in total. The Labute approximate surface area is 166 Å². The van der Waals surface area contributed by atoms with Gasteiger partial charge in [0.15, 0.2) is 0 Å². The first-order valence-electron chi connectivity index (χ1n) is 10.3. The van der Waals surface area contributed by atoms with Crippen LogP contribution in [0.4, 0.5) is 0 Å². The number of rotatable bonds is 2. The molecule has 2 aliphatic rings. The van der Waals surface area contributed by atoms with Crippen LogP contribution in [0.25, 0.3) is 33.4 Å². The summed E-state index contributed by atoms with van der Waals surface area (Å²) in [7, 11) is 0. The molecule has 6 rings (SSSR count). The molecule has 0 amide bonds. The van der Waals surface area contributed by atoms with Crippen molar-refractivity contribution in [1.82, 2.24) is 0 Å². The fraction of sp³-hybridized carbons (Fsp3) is 0.143. The van der Waals surface area contributed by atoms with Crippen LogP contribution in [0.1, 0.15) is 34.7 Å². The Morgan fingerprint density at radius 1 is 0.536 bits per heavy atom. The molecule has 0 saturated carbocycles. The fourth-order valence-corrected chi connectivity index (χ4v) is 5.28. The second-order valence-corrected chi connectivity index (χ2v) is 7.98. The lowest BCUT2D eigenvalue weighted by Gasteiger charge is -2.17. The summed E-state index contributed by atoms with van der Waals surface area (Å²) in [6.07, 6.45) is 3.16. The standard InChI is InChI=1S/C28H22/c1-2-18-14-15-24-22-11-6-4-9-20(22)17-27(24)28(18)25-13-7-12-23-21-10-5-3-8-19(21)16-26(23)25/h3-15H,2,16-17H2,1H3. The van der Waals surface area contributed by atoms with Crippen LogP contribution < -0.4 is 0 Å². The second kappa shape index (κ2) is 5.94. The maximum atomic E-state index is 2.36.